The predicted molar refractivity (Wildman–Crippen MR) is 75.1 cm³/mol. The molecule has 0 fully saturated rings. The molecular weight excluding hydrogens is 314 g/mol. The minimum absolute atomic E-state index is 0.00802. The van der Waals surface area contributed by atoms with E-state index in [2.05, 4.69) is 5.32 Å². The van der Waals surface area contributed by atoms with Crippen LogP contribution in [0.15, 0.2) is 48.5 Å². The molecule has 2 aromatic rings. The highest BCUT2D eigenvalue weighted by atomic mass is 19.4. The van der Waals surface area contributed by atoms with Crippen LogP contribution in [0.25, 0.3) is 0 Å². The Morgan fingerprint density at radius 2 is 1.83 bits per heavy atom. The number of carbonyl (C=O) groups is 1. The molecule has 23 heavy (non-hydrogen) atoms. The molecule has 0 saturated carbocycles. The maximum atomic E-state index is 13.4. The number of aliphatic hydroxyl groups is 1. The topological polar surface area (TPSA) is 49.3 Å². The Bertz CT molecular complexity index is 700. The van der Waals surface area contributed by atoms with E-state index in [1.165, 1.54) is 30.3 Å². The number of amides is 1. The summed E-state index contributed by atoms with van der Waals surface area (Å²) in [6.45, 7) is -0.339. The van der Waals surface area contributed by atoms with Crippen molar-refractivity contribution in [1.29, 1.82) is 0 Å². The molecule has 1 atom stereocenters. The molecule has 2 rings (SSSR count). The zero-order valence-electron chi connectivity index (χ0n) is 11.8. The van der Waals surface area contributed by atoms with Gasteiger partial charge in [-0.15, -0.1) is 0 Å². The number of hydrogen-bond donors (Lipinski definition) is 2. The van der Waals surface area contributed by atoms with Gasteiger partial charge in [0.15, 0.2) is 0 Å². The summed E-state index contributed by atoms with van der Waals surface area (Å²) in [5.74, 6) is -1.48. The SMILES string of the molecule is O=C(NC[C@H](O)c1cccc(C(F)(F)F)c1)c1ccccc1F. The summed E-state index contributed by atoms with van der Waals surface area (Å²) in [5, 5.41) is 12.2. The number of carbonyl (C=O) groups excluding carboxylic acids is 1. The van der Waals surface area contributed by atoms with E-state index >= 15 is 0 Å². The molecule has 2 N–H and O–H groups in total. The highest BCUT2D eigenvalue weighted by molar-refractivity contribution is 5.94. The standard InChI is InChI=1S/C16H13F4NO2/c17-13-7-2-1-6-12(13)15(23)21-9-14(22)10-4-3-5-11(8-10)16(18,19)20/h1-8,14,22H,9H2,(H,21,23)/t14-/m0/s1. The molecule has 0 aliphatic carbocycles. The van der Waals surface area contributed by atoms with E-state index in [0.717, 1.165) is 18.2 Å². The van der Waals surface area contributed by atoms with Crippen LogP contribution < -0.4 is 5.32 Å². The van der Waals surface area contributed by atoms with Gasteiger partial charge < -0.3 is 10.4 Å². The van der Waals surface area contributed by atoms with Crippen molar-refractivity contribution in [2.24, 2.45) is 0 Å². The quantitative estimate of drug-likeness (QED) is 0.847. The lowest BCUT2D eigenvalue weighted by atomic mass is 10.1. The van der Waals surface area contributed by atoms with E-state index < -0.39 is 29.6 Å². The lowest BCUT2D eigenvalue weighted by Gasteiger charge is -2.14. The number of benzene rings is 2. The highest BCUT2D eigenvalue weighted by Crippen LogP contribution is 2.30. The van der Waals surface area contributed by atoms with Crippen molar-refractivity contribution >= 4 is 5.91 Å². The summed E-state index contributed by atoms with van der Waals surface area (Å²) in [6.07, 6.45) is -5.86. The molecule has 0 radical (unpaired) electrons. The first-order chi connectivity index (χ1) is 10.8. The van der Waals surface area contributed by atoms with Gasteiger partial charge in [0.1, 0.15) is 5.82 Å². The molecule has 0 bridgehead atoms. The lowest BCUT2D eigenvalue weighted by molar-refractivity contribution is -0.137. The third-order valence-corrected chi connectivity index (χ3v) is 3.17. The third kappa shape index (κ3) is 4.29. The molecule has 1 amide bonds. The molecule has 0 spiro atoms. The summed E-state index contributed by atoms with van der Waals surface area (Å²) >= 11 is 0. The fraction of sp³-hybridized carbons (Fsp3) is 0.188. The number of rotatable bonds is 4. The molecule has 3 nitrogen and oxygen atoms in total. The van der Waals surface area contributed by atoms with Gasteiger partial charge in [0, 0.05) is 6.54 Å². The van der Waals surface area contributed by atoms with E-state index in [0.29, 0.717) is 0 Å². The minimum atomic E-state index is -4.52. The van der Waals surface area contributed by atoms with Crippen LogP contribution in [-0.2, 0) is 6.18 Å². The predicted octanol–water partition coefficient (Wildman–Crippen LogP) is 3.31. The number of hydrogen-bond acceptors (Lipinski definition) is 2. The second kappa shape index (κ2) is 6.78. The molecule has 0 saturated heterocycles. The van der Waals surface area contributed by atoms with Crippen molar-refractivity contribution in [3.63, 3.8) is 0 Å². The Balaban J connectivity index is 2.04. The van der Waals surface area contributed by atoms with Gasteiger partial charge >= 0.3 is 6.18 Å². The molecule has 7 heteroatoms. The second-order valence-corrected chi connectivity index (χ2v) is 4.83. The van der Waals surface area contributed by atoms with Gasteiger partial charge in [-0.25, -0.2) is 4.39 Å². The molecule has 0 unspecified atom stereocenters. The van der Waals surface area contributed by atoms with E-state index in [1.807, 2.05) is 0 Å². The zero-order chi connectivity index (χ0) is 17.0. The molecule has 122 valence electrons. The first kappa shape index (κ1) is 17.0. The van der Waals surface area contributed by atoms with E-state index in [-0.39, 0.29) is 17.7 Å². The van der Waals surface area contributed by atoms with Crippen molar-refractivity contribution in [3.05, 3.63) is 71.0 Å². The van der Waals surface area contributed by atoms with Crippen molar-refractivity contribution in [2.75, 3.05) is 6.54 Å². The Labute approximate surface area is 129 Å². The van der Waals surface area contributed by atoms with Crippen LogP contribution >= 0.6 is 0 Å². The average molecular weight is 327 g/mol. The molecule has 0 aromatic heterocycles. The molecule has 2 aromatic carbocycles. The number of aliphatic hydroxyl groups excluding tert-OH is 1. The summed E-state index contributed by atoms with van der Waals surface area (Å²) in [4.78, 5) is 11.8. The number of halogens is 4. The summed E-state index contributed by atoms with van der Waals surface area (Å²) in [5.41, 5.74) is -1.09. The van der Waals surface area contributed by atoms with Gasteiger partial charge in [0.25, 0.3) is 5.91 Å². The average Bonchev–Trinajstić information content (AvgIpc) is 2.52. The van der Waals surface area contributed by atoms with Gasteiger partial charge in [0.2, 0.25) is 0 Å². The maximum Gasteiger partial charge on any atom is 0.416 e. The first-order valence-corrected chi connectivity index (χ1v) is 6.67. The Morgan fingerprint density at radius 1 is 1.13 bits per heavy atom. The lowest BCUT2D eigenvalue weighted by Crippen LogP contribution is -2.29. The van der Waals surface area contributed by atoms with Crippen molar-refractivity contribution in [1.82, 2.24) is 5.32 Å². The van der Waals surface area contributed by atoms with Crippen LogP contribution in [0.5, 0.6) is 0 Å². The van der Waals surface area contributed by atoms with Crippen LogP contribution in [0.4, 0.5) is 17.6 Å². The smallest absolute Gasteiger partial charge is 0.387 e. The third-order valence-electron chi connectivity index (χ3n) is 3.17. The summed E-state index contributed by atoms with van der Waals surface area (Å²) < 4.78 is 51.3. The van der Waals surface area contributed by atoms with Crippen molar-refractivity contribution in [2.45, 2.75) is 12.3 Å². The molecule has 0 heterocycles. The minimum Gasteiger partial charge on any atom is -0.387 e. The van der Waals surface area contributed by atoms with Crippen LogP contribution in [0.1, 0.15) is 27.6 Å². The first-order valence-electron chi connectivity index (χ1n) is 6.67. The Morgan fingerprint density at radius 3 is 2.48 bits per heavy atom. The number of alkyl halides is 3. The fourth-order valence-corrected chi connectivity index (χ4v) is 1.97. The van der Waals surface area contributed by atoms with Crippen molar-refractivity contribution in [3.8, 4) is 0 Å². The number of nitrogens with one attached hydrogen (secondary N) is 1. The van der Waals surface area contributed by atoms with E-state index in [1.54, 1.807) is 0 Å². The van der Waals surface area contributed by atoms with Crippen LogP contribution in [0.2, 0.25) is 0 Å². The van der Waals surface area contributed by atoms with Gasteiger partial charge in [-0.2, -0.15) is 13.2 Å². The van der Waals surface area contributed by atoms with Gasteiger partial charge in [-0.1, -0.05) is 24.3 Å². The van der Waals surface area contributed by atoms with Gasteiger partial charge in [0.05, 0.1) is 17.2 Å². The Hall–Kier alpha value is -2.41. The fourth-order valence-electron chi connectivity index (χ4n) is 1.97. The zero-order valence-corrected chi connectivity index (χ0v) is 11.8. The van der Waals surface area contributed by atoms with Gasteiger partial charge in [-0.3, -0.25) is 4.79 Å². The van der Waals surface area contributed by atoms with E-state index in [9.17, 15) is 27.5 Å². The molecular formula is C16H13F4NO2. The summed E-state index contributed by atoms with van der Waals surface area (Å²) in [6, 6.07) is 9.44. The summed E-state index contributed by atoms with van der Waals surface area (Å²) in [7, 11) is 0. The monoisotopic (exact) mass is 327 g/mol. The maximum absolute atomic E-state index is 13.4. The van der Waals surface area contributed by atoms with Crippen LogP contribution in [0.3, 0.4) is 0 Å². The van der Waals surface area contributed by atoms with Crippen LogP contribution in [0, 0.1) is 5.82 Å². The largest absolute Gasteiger partial charge is 0.416 e. The normalized spacial score (nSPS) is 12.7. The highest BCUT2D eigenvalue weighted by Gasteiger charge is 2.30. The van der Waals surface area contributed by atoms with E-state index in [4.69, 9.17) is 0 Å². The van der Waals surface area contributed by atoms with Crippen molar-refractivity contribution < 1.29 is 27.5 Å². The second-order valence-electron chi connectivity index (χ2n) is 4.83. The molecule has 0 aliphatic heterocycles. The Kier molecular flexibility index (Phi) is 5.00. The van der Waals surface area contributed by atoms with Gasteiger partial charge in [-0.05, 0) is 29.8 Å². The molecule has 0 aliphatic rings. The van der Waals surface area contributed by atoms with Crippen LogP contribution in [-0.4, -0.2) is 17.6 Å².